The summed E-state index contributed by atoms with van der Waals surface area (Å²) in [6.45, 7) is 2.93. The standard InChI is InChI=1S/C20H19ClN4O3/c21-15-5-3-14(4-6-15)18-23-24-19(28-18)16-2-1-9-22-17(16)25-10-7-20(8-11-25)26-12-13-27-20/h1-6,9H,7-8,10-13H2. The fourth-order valence-electron chi connectivity index (χ4n) is 3.70. The Morgan fingerprint density at radius 1 is 0.929 bits per heavy atom. The van der Waals surface area contributed by atoms with Crippen LogP contribution in [0, 0.1) is 0 Å². The maximum atomic E-state index is 5.95. The molecule has 2 aliphatic heterocycles. The van der Waals surface area contributed by atoms with Gasteiger partial charge >= 0.3 is 0 Å². The Hall–Kier alpha value is -2.48. The molecule has 0 bridgehead atoms. The van der Waals surface area contributed by atoms with Crippen molar-refractivity contribution >= 4 is 17.4 Å². The smallest absolute Gasteiger partial charge is 0.251 e. The third-order valence-corrected chi connectivity index (χ3v) is 5.42. The number of aromatic nitrogens is 3. The molecule has 144 valence electrons. The van der Waals surface area contributed by atoms with E-state index in [4.69, 9.17) is 25.5 Å². The van der Waals surface area contributed by atoms with E-state index in [1.807, 2.05) is 24.3 Å². The molecule has 4 heterocycles. The lowest BCUT2D eigenvalue weighted by Gasteiger charge is -2.38. The molecule has 28 heavy (non-hydrogen) atoms. The van der Waals surface area contributed by atoms with Crippen molar-refractivity contribution in [1.82, 2.24) is 15.2 Å². The molecule has 5 rings (SSSR count). The molecule has 0 amide bonds. The van der Waals surface area contributed by atoms with Crippen molar-refractivity contribution in [3.63, 3.8) is 0 Å². The quantitative estimate of drug-likeness (QED) is 0.664. The molecule has 0 atom stereocenters. The van der Waals surface area contributed by atoms with Crippen molar-refractivity contribution in [3.8, 4) is 22.9 Å². The van der Waals surface area contributed by atoms with Gasteiger partial charge in [0.15, 0.2) is 5.79 Å². The van der Waals surface area contributed by atoms with Gasteiger partial charge in [0.1, 0.15) is 5.82 Å². The minimum Gasteiger partial charge on any atom is -0.416 e. The van der Waals surface area contributed by atoms with Crippen molar-refractivity contribution in [2.45, 2.75) is 18.6 Å². The number of halogens is 1. The van der Waals surface area contributed by atoms with E-state index in [-0.39, 0.29) is 0 Å². The molecule has 0 saturated carbocycles. The van der Waals surface area contributed by atoms with E-state index in [2.05, 4.69) is 20.1 Å². The number of pyridine rings is 1. The second kappa shape index (κ2) is 7.16. The molecule has 7 nitrogen and oxygen atoms in total. The zero-order valence-corrected chi connectivity index (χ0v) is 15.9. The molecular weight excluding hydrogens is 380 g/mol. The van der Waals surface area contributed by atoms with E-state index in [1.165, 1.54) is 0 Å². The molecular formula is C20H19ClN4O3. The third-order valence-electron chi connectivity index (χ3n) is 5.17. The summed E-state index contributed by atoms with van der Waals surface area (Å²) < 4.78 is 17.6. The molecule has 0 N–H and O–H groups in total. The lowest BCUT2D eigenvalue weighted by molar-refractivity contribution is -0.169. The van der Waals surface area contributed by atoms with Crippen LogP contribution in [0.1, 0.15) is 12.8 Å². The molecule has 1 aromatic carbocycles. The Balaban J connectivity index is 1.41. The highest BCUT2D eigenvalue weighted by Gasteiger charge is 2.40. The molecule has 0 unspecified atom stereocenters. The molecule has 8 heteroatoms. The number of nitrogens with zero attached hydrogens (tertiary/aromatic N) is 4. The van der Waals surface area contributed by atoms with E-state index in [9.17, 15) is 0 Å². The Morgan fingerprint density at radius 3 is 2.39 bits per heavy atom. The number of hydrogen-bond acceptors (Lipinski definition) is 7. The van der Waals surface area contributed by atoms with Gasteiger partial charge in [0, 0.05) is 42.7 Å². The first-order valence-electron chi connectivity index (χ1n) is 9.30. The predicted octanol–water partition coefficient (Wildman–Crippen LogP) is 3.80. The Morgan fingerprint density at radius 2 is 1.64 bits per heavy atom. The minimum absolute atomic E-state index is 0.419. The zero-order chi connectivity index (χ0) is 19.0. The van der Waals surface area contributed by atoms with Crippen molar-refractivity contribution in [3.05, 3.63) is 47.6 Å². The van der Waals surface area contributed by atoms with E-state index >= 15 is 0 Å². The summed E-state index contributed by atoms with van der Waals surface area (Å²) in [6, 6.07) is 11.1. The average molecular weight is 399 g/mol. The zero-order valence-electron chi connectivity index (χ0n) is 15.2. The highest BCUT2D eigenvalue weighted by atomic mass is 35.5. The van der Waals surface area contributed by atoms with Crippen LogP contribution in [0.5, 0.6) is 0 Å². The van der Waals surface area contributed by atoms with Crippen LogP contribution in [0.25, 0.3) is 22.9 Å². The van der Waals surface area contributed by atoms with Gasteiger partial charge in [-0.1, -0.05) is 11.6 Å². The van der Waals surface area contributed by atoms with Gasteiger partial charge in [-0.05, 0) is 36.4 Å². The highest BCUT2D eigenvalue weighted by molar-refractivity contribution is 6.30. The van der Waals surface area contributed by atoms with Crippen LogP contribution in [-0.4, -0.2) is 47.3 Å². The first-order chi connectivity index (χ1) is 13.7. The Bertz CT molecular complexity index is 960. The van der Waals surface area contributed by atoms with Crippen LogP contribution in [-0.2, 0) is 9.47 Å². The summed E-state index contributed by atoms with van der Waals surface area (Å²) in [5.41, 5.74) is 1.64. The number of piperidine rings is 1. The van der Waals surface area contributed by atoms with Gasteiger partial charge in [-0.3, -0.25) is 0 Å². The van der Waals surface area contributed by atoms with E-state index < -0.39 is 5.79 Å². The largest absolute Gasteiger partial charge is 0.416 e. The number of hydrogen-bond donors (Lipinski definition) is 0. The molecule has 2 saturated heterocycles. The van der Waals surface area contributed by atoms with Gasteiger partial charge in [0.25, 0.3) is 5.89 Å². The van der Waals surface area contributed by atoms with Crippen LogP contribution in [0.15, 0.2) is 47.0 Å². The third kappa shape index (κ3) is 3.26. The van der Waals surface area contributed by atoms with Crippen molar-refractivity contribution in [2.24, 2.45) is 0 Å². The Labute approximate surface area is 167 Å². The van der Waals surface area contributed by atoms with Crippen LogP contribution < -0.4 is 4.90 Å². The van der Waals surface area contributed by atoms with Crippen LogP contribution >= 0.6 is 11.6 Å². The highest BCUT2D eigenvalue weighted by Crippen LogP contribution is 2.36. The molecule has 3 aromatic rings. The second-order valence-electron chi connectivity index (χ2n) is 6.89. The van der Waals surface area contributed by atoms with Gasteiger partial charge in [0.05, 0.1) is 18.8 Å². The maximum absolute atomic E-state index is 5.95. The summed E-state index contributed by atoms with van der Waals surface area (Å²) in [5.74, 6) is 1.31. The number of anilines is 1. The number of ether oxygens (including phenoxy) is 2. The molecule has 2 aliphatic rings. The van der Waals surface area contributed by atoms with Crippen LogP contribution in [0.2, 0.25) is 5.02 Å². The topological polar surface area (TPSA) is 73.5 Å². The summed E-state index contributed by atoms with van der Waals surface area (Å²) in [4.78, 5) is 6.81. The van der Waals surface area contributed by atoms with Gasteiger partial charge in [-0.25, -0.2) is 4.98 Å². The van der Waals surface area contributed by atoms with Crippen LogP contribution in [0.3, 0.4) is 0 Å². The van der Waals surface area contributed by atoms with Gasteiger partial charge in [-0.2, -0.15) is 0 Å². The molecule has 2 aromatic heterocycles. The second-order valence-corrected chi connectivity index (χ2v) is 7.32. The molecule has 2 fully saturated rings. The normalized spacial score (nSPS) is 18.7. The summed E-state index contributed by atoms with van der Waals surface area (Å²) in [5, 5.41) is 9.10. The number of benzene rings is 1. The van der Waals surface area contributed by atoms with Crippen molar-refractivity contribution in [2.75, 3.05) is 31.2 Å². The van der Waals surface area contributed by atoms with Crippen LogP contribution in [0.4, 0.5) is 5.82 Å². The Kier molecular flexibility index (Phi) is 4.50. The van der Waals surface area contributed by atoms with Gasteiger partial charge in [-0.15, -0.1) is 10.2 Å². The fourth-order valence-corrected chi connectivity index (χ4v) is 3.83. The average Bonchev–Trinajstić information content (AvgIpc) is 3.40. The van der Waals surface area contributed by atoms with E-state index in [0.29, 0.717) is 30.0 Å². The summed E-state index contributed by atoms with van der Waals surface area (Å²) in [6.07, 6.45) is 3.40. The van der Waals surface area contributed by atoms with E-state index in [1.54, 1.807) is 18.3 Å². The summed E-state index contributed by atoms with van der Waals surface area (Å²) in [7, 11) is 0. The molecule has 0 aliphatic carbocycles. The van der Waals surface area contributed by atoms with Gasteiger partial charge in [0.2, 0.25) is 5.89 Å². The number of rotatable bonds is 3. The van der Waals surface area contributed by atoms with Crippen molar-refractivity contribution < 1.29 is 13.9 Å². The minimum atomic E-state index is -0.419. The van der Waals surface area contributed by atoms with E-state index in [0.717, 1.165) is 42.9 Å². The molecule has 0 radical (unpaired) electrons. The first kappa shape index (κ1) is 17.6. The lowest BCUT2D eigenvalue weighted by Crippen LogP contribution is -2.45. The first-order valence-corrected chi connectivity index (χ1v) is 9.68. The predicted molar refractivity (Wildman–Crippen MR) is 104 cm³/mol. The fraction of sp³-hybridized carbons (Fsp3) is 0.350. The maximum Gasteiger partial charge on any atom is 0.251 e. The molecule has 1 spiro atoms. The monoisotopic (exact) mass is 398 g/mol. The van der Waals surface area contributed by atoms with Gasteiger partial charge < -0.3 is 18.8 Å². The lowest BCUT2D eigenvalue weighted by atomic mass is 10.0. The SMILES string of the molecule is Clc1ccc(-c2nnc(-c3cccnc3N3CCC4(CC3)OCCO4)o2)cc1. The van der Waals surface area contributed by atoms with Crippen molar-refractivity contribution in [1.29, 1.82) is 0 Å². The summed E-state index contributed by atoms with van der Waals surface area (Å²) >= 11 is 5.95.